The second kappa shape index (κ2) is 8.09. The Hall–Kier alpha value is -3.06. The Morgan fingerprint density at radius 2 is 1.70 bits per heavy atom. The molecule has 0 saturated carbocycles. The van der Waals surface area contributed by atoms with Crippen LogP contribution in [0, 0.1) is 0 Å². The van der Waals surface area contributed by atoms with E-state index in [4.69, 9.17) is 4.42 Å². The lowest BCUT2D eigenvalue weighted by molar-refractivity contribution is -0.678. The predicted octanol–water partition coefficient (Wildman–Crippen LogP) is 3.59. The van der Waals surface area contributed by atoms with Gasteiger partial charge in [0.05, 0.1) is 17.5 Å². The highest BCUT2D eigenvalue weighted by molar-refractivity contribution is 5.92. The van der Waals surface area contributed by atoms with E-state index in [2.05, 4.69) is 5.32 Å². The molecule has 0 radical (unpaired) electrons. The van der Waals surface area contributed by atoms with E-state index < -0.39 is 17.6 Å². The Kier molecular flexibility index (Phi) is 5.61. The van der Waals surface area contributed by atoms with Gasteiger partial charge in [-0.3, -0.25) is 4.79 Å². The minimum atomic E-state index is -4.53. The summed E-state index contributed by atoms with van der Waals surface area (Å²) in [5, 5.41) is 4.07. The first-order chi connectivity index (χ1) is 12.9. The fourth-order valence-corrected chi connectivity index (χ4v) is 2.81. The topological polar surface area (TPSA) is 58.9 Å². The SMILES string of the molecule is O=C(C[NH2+][C@@H](c1ccccc1)c1ccco1)Nc1ccccc1C(F)(F)F. The van der Waals surface area contributed by atoms with Gasteiger partial charge in [-0.1, -0.05) is 42.5 Å². The fourth-order valence-electron chi connectivity index (χ4n) is 2.81. The van der Waals surface area contributed by atoms with Gasteiger partial charge in [0.15, 0.2) is 18.3 Å². The molecule has 1 heterocycles. The third kappa shape index (κ3) is 4.77. The van der Waals surface area contributed by atoms with Crippen molar-refractivity contribution in [3.8, 4) is 0 Å². The second-order valence-electron chi connectivity index (χ2n) is 5.94. The lowest BCUT2D eigenvalue weighted by Crippen LogP contribution is -2.87. The first kappa shape index (κ1) is 18.7. The molecule has 0 spiro atoms. The number of para-hydroxylation sites is 1. The Labute approximate surface area is 154 Å². The molecule has 0 aliphatic carbocycles. The van der Waals surface area contributed by atoms with E-state index in [1.54, 1.807) is 23.7 Å². The maximum Gasteiger partial charge on any atom is 0.418 e. The minimum absolute atomic E-state index is 0.0630. The van der Waals surface area contributed by atoms with Crippen LogP contribution >= 0.6 is 0 Å². The number of hydrogen-bond acceptors (Lipinski definition) is 2. The zero-order chi connectivity index (χ0) is 19.3. The van der Waals surface area contributed by atoms with Crippen LogP contribution in [0.25, 0.3) is 0 Å². The van der Waals surface area contributed by atoms with E-state index in [-0.39, 0.29) is 18.3 Å². The quantitative estimate of drug-likeness (QED) is 0.692. The Morgan fingerprint density at radius 3 is 2.37 bits per heavy atom. The number of alkyl halides is 3. The molecule has 3 aromatic rings. The number of carbonyl (C=O) groups is 1. The number of quaternary nitrogens is 1. The molecule has 27 heavy (non-hydrogen) atoms. The van der Waals surface area contributed by atoms with Crippen molar-refractivity contribution in [1.29, 1.82) is 0 Å². The van der Waals surface area contributed by atoms with Crippen molar-refractivity contribution < 1.29 is 27.7 Å². The van der Waals surface area contributed by atoms with E-state index in [9.17, 15) is 18.0 Å². The first-order valence-corrected chi connectivity index (χ1v) is 8.33. The van der Waals surface area contributed by atoms with Gasteiger partial charge in [0, 0.05) is 5.56 Å². The van der Waals surface area contributed by atoms with Gasteiger partial charge in [-0.05, 0) is 24.3 Å². The third-order valence-corrected chi connectivity index (χ3v) is 4.05. The van der Waals surface area contributed by atoms with E-state index in [1.165, 1.54) is 18.2 Å². The van der Waals surface area contributed by atoms with Crippen LogP contribution in [0.1, 0.15) is 22.9 Å². The van der Waals surface area contributed by atoms with Gasteiger partial charge in [-0.15, -0.1) is 0 Å². The zero-order valence-corrected chi connectivity index (χ0v) is 14.2. The molecule has 3 N–H and O–H groups in total. The van der Waals surface area contributed by atoms with Crippen molar-refractivity contribution in [2.24, 2.45) is 0 Å². The predicted molar refractivity (Wildman–Crippen MR) is 93.9 cm³/mol. The van der Waals surface area contributed by atoms with E-state index in [1.807, 2.05) is 30.3 Å². The number of benzene rings is 2. The van der Waals surface area contributed by atoms with Gasteiger partial charge >= 0.3 is 6.18 Å². The molecule has 0 bridgehead atoms. The van der Waals surface area contributed by atoms with Crippen molar-refractivity contribution in [3.05, 3.63) is 89.9 Å². The molecule has 0 saturated heterocycles. The summed E-state index contributed by atoms with van der Waals surface area (Å²) in [6.07, 6.45) is -2.99. The number of furan rings is 1. The number of nitrogens with one attached hydrogen (secondary N) is 1. The summed E-state index contributed by atoms with van der Waals surface area (Å²) >= 11 is 0. The monoisotopic (exact) mass is 375 g/mol. The Balaban J connectivity index is 1.71. The van der Waals surface area contributed by atoms with Gasteiger partial charge in [-0.25, -0.2) is 0 Å². The molecule has 140 valence electrons. The summed E-state index contributed by atoms with van der Waals surface area (Å²) in [7, 11) is 0. The first-order valence-electron chi connectivity index (χ1n) is 8.33. The Bertz CT molecular complexity index is 878. The van der Waals surface area contributed by atoms with Crippen molar-refractivity contribution in [3.63, 3.8) is 0 Å². The third-order valence-electron chi connectivity index (χ3n) is 4.05. The number of rotatable bonds is 6. The van der Waals surface area contributed by atoms with Gasteiger partial charge < -0.3 is 15.1 Å². The largest absolute Gasteiger partial charge is 0.463 e. The number of halogens is 3. The Morgan fingerprint density at radius 1 is 1.00 bits per heavy atom. The summed E-state index contributed by atoms with van der Waals surface area (Å²) in [4.78, 5) is 12.3. The van der Waals surface area contributed by atoms with Crippen molar-refractivity contribution in [1.82, 2.24) is 0 Å². The van der Waals surface area contributed by atoms with Crippen LogP contribution in [0.3, 0.4) is 0 Å². The molecule has 2 aromatic carbocycles. The van der Waals surface area contributed by atoms with Crippen LogP contribution in [0.2, 0.25) is 0 Å². The van der Waals surface area contributed by atoms with Crippen LogP contribution in [0.15, 0.2) is 77.4 Å². The van der Waals surface area contributed by atoms with Gasteiger partial charge in [0.1, 0.15) is 0 Å². The number of amides is 1. The van der Waals surface area contributed by atoms with E-state index in [0.29, 0.717) is 5.76 Å². The molecule has 0 aliphatic rings. The molecular weight excluding hydrogens is 357 g/mol. The maximum atomic E-state index is 13.0. The molecule has 0 aliphatic heterocycles. The normalized spacial score (nSPS) is 12.6. The molecule has 1 atom stereocenters. The highest BCUT2D eigenvalue weighted by atomic mass is 19.4. The molecule has 0 unspecified atom stereocenters. The minimum Gasteiger partial charge on any atom is -0.463 e. The van der Waals surface area contributed by atoms with Crippen LogP contribution in [-0.4, -0.2) is 12.5 Å². The number of nitrogens with two attached hydrogens (primary N) is 1. The van der Waals surface area contributed by atoms with E-state index >= 15 is 0 Å². The lowest BCUT2D eigenvalue weighted by atomic mass is 10.0. The summed E-state index contributed by atoms with van der Waals surface area (Å²) in [5.41, 5.74) is -0.197. The number of hydrogen-bond donors (Lipinski definition) is 2. The maximum absolute atomic E-state index is 13.0. The summed E-state index contributed by atoms with van der Waals surface area (Å²) < 4.78 is 44.6. The van der Waals surface area contributed by atoms with Crippen molar-refractivity contribution in [2.45, 2.75) is 12.2 Å². The molecular formula is C20H18F3N2O2+. The summed E-state index contributed by atoms with van der Waals surface area (Å²) in [6.45, 7) is -0.0630. The molecule has 3 rings (SSSR count). The fraction of sp³-hybridized carbons (Fsp3) is 0.150. The summed E-state index contributed by atoms with van der Waals surface area (Å²) in [6, 6.07) is 17.6. The van der Waals surface area contributed by atoms with Crippen LogP contribution in [0.4, 0.5) is 18.9 Å². The average molecular weight is 375 g/mol. The lowest BCUT2D eigenvalue weighted by Gasteiger charge is -2.15. The van der Waals surface area contributed by atoms with E-state index in [0.717, 1.165) is 11.6 Å². The molecule has 4 nitrogen and oxygen atoms in total. The molecule has 0 fully saturated rings. The highest BCUT2D eigenvalue weighted by Gasteiger charge is 2.33. The van der Waals surface area contributed by atoms with Crippen LogP contribution in [-0.2, 0) is 11.0 Å². The van der Waals surface area contributed by atoms with Crippen molar-refractivity contribution in [2.75, 3.05) is 11.9 Å². The molecule has 1 aromatic heterocycles. The molecule has 1 amide bonds. The second-order valence-corrected chi connectivity index (χ2v) is 5.94. The standard InChI is InChI=1S/C20H17F3N2O2/c21-20(22,23)15-9-4-5-10-16(15)25-18(26)13-24-19(17-11-6-12-27-17)14-7-2-1-3-8-14/h1-12,19,24H,13H2,(H,25,26)/p+1/t19-/m0/s1. The zero-order valence-electron chi connectivity index (χ0n) is 14.2. The van der Waals surface area contributed by atoms with Crippen LogP contribution < -0.4 is 10.6 Å². The highest BCUT2D eigenvalue weighted by Crippen LogP contribution is 2.34. The average Bonchev–Trinajstić information content (AvgIpc) is 3.17. The van der Waals surface area contributed by atoms with Gasteiger partial charge in [-0.2, -0.15) is 13.2 Å². The smallest absolute Gasteiger partial charge is 0.418 e. The number of carbonyl (C=O) groups excluding carboxylic acids is 1. The van der Waals surface area contributed by atoms with Gasteiger partial charge in [0.25, 0.3) is 5.91 Å². The molecule has 7 heteroatoms. The van der Waals surface area contributed by atoms with Crippen LogP contribution in [0.5, 0.6) is 0 Å². The summed E-state index contributed by atoms with van der Waals surface area (Å²) in [5.74, 6) is 0.129. The van der Waals surface area contributed by atoms with Gasteiger partial charge in [0.2, 0.25) is 0 Å². The number of anilines is 1. The van der Waals surface area contributed by atoms with Crippen molar-refractivity contribution >= 4 is 11.6 Å².